The summed E-state index contributed by atoms with van der Waals surface area (Å²) in [6.07, 6.45) is 1.67. The number of quaternary nitrogens is 1. The van der Waals surface area contributed by atoms with Crippen LogP contribution in [0.4, 0.5) is 0 Å². The summed E-state index contributed by atoms with van der Waals surface area (Å²) in [5.74, 6) is -0.162. The lowest BCUT2D eigenvalue weighted by Gasteiger charge is -2.30. The molecule has 0 spiro atoms. The Balaban J connectivity index is 2.05. The second kappa shape index (κ2) is 5.88. The number of likely N-dealkylation sites (N-methyl/N-ethyl adjacent to an activating group) is 1. The molecule has 3 heterocycles. The first kappa shape index (κ1) is 14.7. The van der Waals surface area contributed by atoms with Crippen LogP contribution >= 0.6 is 0 Å². The van der Waals surface area contributed by atoms with Crippen LogP contribution in [-0.2, 0) is 6.54 Å². The molecule has 1 aliphatic rings. The molecule has 2 aromatic heterocycles. The van der Waals surface area contributed by atoms with Crippen molar-refractivity contribution in [1.29, 1.82) is 0 Å². The van der Waals surface area contributed by atoms with Crippen LogP contribution in [-0.4, -0.2) is 53.6 Å². The van der Waals surface area contributed by atoms with Gasteiger partial charge in [-0.05, 0) is 25.1 Å². The summed E-state index contributed by atoms with van der Waals surface area (Å²) in [6, 6.07) is 5.39. The highest BCUT2D eigenvalue weighted by Gasteiger charge is 2.25. The molecule has 0 radical (unpaired) electrons. The number of hydrogen-bond acceptors (Lipinski definition) is 3. The summed E-state index contributed by atoms with van der Waals surface area (Å²) in [6.45, 7) is 5.62. The van der Waals surface area contributed by atoms with E-state index in [0.717, 1.165) is 18.5 Å². The zero-order valence-corrected chi connectivity index (χ0v) is 13.0. The molecule has 0 aromatic carbocycles. The molecule has 0 unspecified atom stereocenters. The number of carbonyl (C=O) groups is 1. The number of aryl methyl sites for hydroxylation is 1. The maximum absolute atomic E-state index is 12.7. The van der Waals surface area contributed by atoms with Gasteiger partial charge in [0.05, 0.1) is 33.2 Å². The molecule has 0 saturated carbocycles. The Morgan fingerprint density at radius 2 is 2.09 bits per heavy atom. The molecule has 0 bridgehead atoms. The topological polar surface area (TPSA) is 59.6 Å². The van der Waals surface area contributed by atoms with E-state index in [-0.39, 0.29) is 17.0 Å². The number of nitrogens with zero attached hydrogens (tertiary/aromatic N) is 3. The number of carbonyl (C=O) groups excluding carboxylic acids is 1. The van der Waals surface area contributed by atoms with Gasteiger partial charge in [0.25, 0.3) is 11.5 Å². The third kappa shape index (κ3) is 2.50. The summed E-state index contributed by atoms with van der Waals surface area (Å²) < 4.78 is 1.57. The first-order valence-corrected chi connectivity index (χ1v) is 7.71. The molecule has 6 heteroatoms. The predicted octanol–water partition coefficient (Wildman–Crippen LogP) is -0.613. The van der Waals surface area contributed by atoms with Gasteiger partial charge in [0.1, 0.15) is 11.2 Å². The normalized spacial score (nSPS) is 16.2. The van der Waals surface area contributed by atoms with Gasteiger partial charge < -0.3 is 9.80 Å². The van der Waals surface area contributed by atoms with Crippen LogP contribution in [0.1, 0.15) is 17.3 Å². The minimum atomic E-state index is -0.245. The Kier molecular flexibility index (Phi) is 3.94. The van der Waals surface area contributed by atoms with E-state index in [4.69, 9.17) is 0 Å². The highest BCUT2D eigenvalue weighted by Crippen LogP contribution is 2.12. The fourth-order valence-electron chi connectivity index (χ4n) is 2.91. The van der Waals surface area contributed by atoms with Crippen molar-refractivity contribution in [1.82, 2.24) is 14.5 Å². The van der Waals surface area contributed by atoms with Crippen LogP contribution in [0.15, 0.2) is 29.2 Å². The number of rotatable bonds is 2. The Morgan fingerprint density at radius 1 is 1.36 bits per heavy atom. The molecular weight excluding hydrogens is 280 g/mol. The van der Waals surface area contributed by atoms with Crippen molar-refractivity contribution >= 4 is 16.9 Å². The second-order valence-corrected chi connectivity index (χ2v) is 5.77. The largest absolute Gasteiger partial charge is 0.334 e. The second-order valence-electron chi connectivity index (χ2n) is 5.77. The number of piperazine rings is 1. The molecule has 0 atom stereocenters. The maximum Gasteiger partial charge on any atom is 0.265 e. The van der Waals surface area contributed by atoms with E-state index >= 15 is 0 Å². The molecular formula is C16H21N4O2+. The van der Waals surface area contributed by atoms with Crippen LogP contribution in [0.2, 0.25) is 0 Å². The van der Waals surface area contributed by atoms with Gasteiger partial charge in [0.15, 0.2) is 0 Å². The van der Waals surface area contributed by atoms with E-state index in [2.05, 4.69) is 12.0 Å². The number of aromatic nitrogens is 2. The highest BCUT2D eigenvalue weighted by molar-refractivity contribution is 5.97. The van der Waals surface area contributed by atoms with E-state index in [0.29, 0.717) is 25.3 Å². The molecule has 1 saturated heterocycles. The van der Waals surface area contributed by atoms with Crippen molar-refractivity contribution in [3.8, 4) is 0 Å². The Hall–Kier alpha value is -2.21. The standard InChI is InChI=1S/C16H20N4O2/c1-3-20-14-12(5-4-6-17-14)11-13(16(20)22)15(21)19-9-7-18(2)8-10-19/h4-6,11H,3,7-10H2,1-2H3/p+1. The van der Waals surface area contributed by atoms with Gasteiger partial charge in [-0.3, -0.25) is 14.2 Å². The molecule has 0 aliphatic carbocycles. The summed E-state index contributed by atoms with van der Waals surface area (Å²) >= 11 is 0. The average molecular weight is 301 g/mol. The molecule has 22 heavy (non-hydrogen) atoms. The number of fused-ring (bicyclic) bond motifs is 1. The first-order valence-electron chi connectivity index (χ1n) is 7.71. The first-order chi connectivity index (χ1) is 10.6. The molecule has 3 rings (SSSR count). The van der Waals surface area contributed by atoms with E-state index in [1.165, 1.54) is 4.90 Å². The van der Waals surface area contributed by atoms with Gasteiger partial charge in [-0.1, -0.05) is 0 Å². The number of nitrogens with one attached hydrogen (secondary N) is 1. The monoisotopic (exact) mass is 301 g/mol. The van der Waals surface area contributed by atoms with Crippen molar-refractivity contribution in [3.05, 3.63) is 40.3 Å². The van der Waals surface area contributed by atoms with E-state index in [9.17, 15) is 9.59 Å². The highest BCUT2D eigenvalue weighted by atomic mass is 16.2. The SMILES string of the molecule is CCn1c(=O)c(C(=O)N2CC[NH+](C)CC2)cc2cccnc21. The van der Waals surface area contributed by atoms with E-state index < -0.39 is 0 Å². The third-order valence-electron chi connectivity index (χ3n) is 4.30. The summed E-state index contributed by atoms with van der Waals surface area (Å²) in [5, 5.41) is 0.826. The van der Waals surface area contributed by atoms with Crippen molar-refractivity contribution in [2.24, 2.45) is 0 Å². The van der Waals surface area contributed by atoms with Crippen molar-refractivity contribution in [2.45, 2.75) is 13.5 Å². The van der Waals surface area contributed by atoms with Crippen molar-refractivity contribution in [2.75, 3.05) is 33.2 Å². The van der Waals surface area contributed by atoms with Crippen LogP contribution < -0.4 is 10.5 Å². The van der Waals surface area contributed by atoms with Crippen LogP contribution in [0.3, 0.4) is 0 Å². The van der Waals surface area contributed by atoms with Gasteiger partial charge in [-0.15, -0.1) is 0 Å². The average Bonchev–Trinajstić information content (AvgIpc) is 2.54. The van der Waals surface area contributed by atoms with Gasteiger partial charge in [0, 0.05) is 18.1 Å². The summed E-state index contributed by atoms with van der Waals surface area (Å²) in [7, 11) is 2.12. The molecule has 1 aliphatic heterocycles. The number of pyridine rings is 2. The van der Waals surface area contributed by atoms with Gasteiger partial charge >= 0.3 is 0 Å². The van der Waals surface area contributed by atoms with E-state index in [1.807, 2.05) is 19.1 Å². The molecule has 2 aromatic rings. The van der Waals surface area contributed by atoms with Crippen LogP contribution in [0, 0.1) is 0 Å². The quantitative estimate of drug-likeness (QED) is 0.805. The lowest BCUT2D eigenvalue weighted by Crippen LogP contribution is -3.12. The fourth-order valence-corrected chi connectivity index (χ4v) is 2.91. The Labute approximate surface area is 129 Å². The Morgan fingerprint density at radius 3 is 2.77 bits per heavy atom. The van der Waals surface area contributed by atoms with Gasteiger partial charge in [-0.25, -0.2) is 4.98 Å². The van der Waals surface area contributed by atoms with E-state index in [1.54, 1.807) is 21.7 Å². The lowest BCUT2D eigenvalue weighted by atomic mass is 10.1. The lowest BCUT2D eigenvalue weighted by molar-refractivity contribution is -0.883. The number of hydrogen-bond donors (Lipinski definition) is 1. The molecule has 6 nitrogen and oxygen atoms in total. The molecule has 1 N–H and O–H groups in total. The maximum atomic E-state index is 12.7. The summed E-state index contributed by atoms with van der Waals surface area (Å²) in [5.41, 5.74) is 0.640. The predicted molar refractivity (Wildman–Crippen MR) is 84.2 cm³/mol. The van der Waals surface area contributed by atoms with Crippen LogP contribution in [0.25, 0.3) is 11.0 Å². The van der Waals surface area contributed by atoms with Gasteiger partial charge in [-0.2, -0.15) is 0 Å². The minimum absolute atomic E-state index is 0.162. The number of amides is 1. The zero-order chi connectivity index (χ0) is 15.7. The molecule has 1 fully saturated rings. The van der Waals surface area contributed by atoms with Crippen LogP contribution in [0.5, 0.6) is 0 Å². The van der Waals surface area contributed by atoms with Gasteiger partial charge in [0.2, 0.25) is 0 Å². The summed E-state index contributed by atoms with van der Waals surface area (Å²) in [4.78, 5) is 32.8. The smallest absolute Gasteiger partial charge is 0.265 e. The Bertz CT molecular complexity index is 760. The third-order valence-corrected chi connectivity index (χ3v) is 4.30. The minimum Gasteiger partial charge on any atom is -0.334 e. The molecule has 116 valence electrons. The van der Waals surface area contributed by atoms with Crippen molar-refractivity contribution in [3.63, 3.8) is 0 Å². The zero-order valence-electron chi connectivity index (χ0n) is 13.0. The van der Waals surface area contributed by atoms with Crippen molar-refractivity contribution < 1.29 is 9.69 Å². The molecule has 1 amide bonds. The fraction of sp³-hybridized carbons (Fsp3) is 0.438.